The number of hydrogen-bond donors (Lipinski definition) is 3. The molecule has 1 amide bonds. The van der Waals surface area contributed by atoms with Crippen molar-refractivity contribution in [3.63, 3.8) is 0 Å². The molecule has 0 aromatic heterocycles. The minimum atomic E-state index is -0.775. The molecule has 1 heterocycles. The van der Waals surface area contributed by atoms with Crippen molar-refractivity contribution in [2.45, 2.75) is 142 Å². The molecule has 0 radical (unpaired) electrons. The fourth-order valence-corrected chi connectivity index (χ4v) is 7.72. The summed E-state index contributed by atoms with van der Waals surface area (Å²) in [6, 6.07) is 2.16. The molecule has 0 aromatic rings. The molecule has 1 saturated heterocycles. The van der Waals surface area contributed by atoms with Crippen LogP contribution in [-0.2, 0) is 18.9 Å². The van der Waals surface area contributed by atoms with Gasteiger partial charge < -0.3 is 20.4 Å². The quantitative estimate of drug-likeness (QED) is 0.0422. The molecule has 4 N–H and O–H groups in total. The van der Waals surface area contributed by atoms with Gasteiger partial charge in [-0.15, -0.1) is 0 Å². The maximum absolute atomic E-state index is 13.8. The van der Waals surface area contributed by atoms with Crippen LogP contribution in [0, 0.1) is 50.5 Å². The summed E-state index contributed by atoms with van der Waals surface area (Å²) in [5, 5.41) is 21.7. The Morgan fingerprint density at radius 2 is 1.82 bits per heavy atom. The van der Waals surface area contributed by atoms with Gasteiger partial charge in [-0.3, -0.25) is 9.59 Å². The standard InChI is InChI=1S/C32H55BN6O6/c1-22(2)18-28(33-44-27-21-24-20-26(31(24,3)4)32(27,5)45-33)37-29(41)23(14-13-17-36-30(35)38-39(42)43)19-25(40)15-11-9-7-6-8-10-12-16-34/h22-24,26-28H,6-15,17-21H2,1-5H3,(H,37,41)(H3,35,36,38)/t23-,24-,26-,27-,28+,32+/m1/s1. The third kappa shape index (κ3) is 10.1. The van der Waals surface area contributed by atoms with Crippen LogP contribution in [0.4, 0.5) is 0 Å². The van der Waals surface area contributed by atoms with E-state index in [1.165, 1.54) is 0 Å². The molecule has 252 valence electrons. The minimum absolute atomic E-state index is 0.00524. The molecule has 0 unspecified atom stereocenters. The molecule has 12 nitrogen and oxygen atoms in total. The van der Waals surface area contributed by atoms with Crippen LogP contribution in [0.15, 0.2) is 4.99 Å². The van der Waals surface area contributed by atoms with Crippen molar-refractivity contribution >= 4 is 24.8 Å². The third-order valence-corrected chi connectivity index (χ3v) is 10.4. The molecule has 45 heavy (non-hydrogen) atoms. The van der Waals surface area contributed by atoms with Gasteiger partial charge in [-0.1, -0.05) is 58.8 Å². The average molecular weight is 631 g/mol. The second kappa shape index (κ2) is 16.7. The number of guanidine groups is 1. The first-order valence-corrected chi connectivity index (χ1v) is 17.0. The number of nitrogens with zero attached hydrogens (tertiary/aromatic N) is 3. The molecule has 3 saturated carbocycles. The van der Waals surface area contributed by atoms with Gasteiger partial charge in [0.05, 0.1) is 23.7 Å². The van der Waals surface area contributed by atoms with Gasteiger partial charge in [-0.25, -0.2) is 15.1 Å². The highest BCUT2D eigenvalue weighted by atomic mass is 16.7. The molecule has 3 aliphatic carbocycles. The summed E-state index contributed by atoms with van der Waals surface area (Å²) in [5.41, 5.74) is 7.19. The summed E-state index contributed by atoms with van der Waals surface area (Å²) < 4.78 is 13.3. The number of unbranched alkanes of at least 4 members (excludes halogenated alkanes) is 6. The maximum atomic E-state index is 13.8. The van der Waals surface area contributed by atoms with Gasteiger partial charge >= 0.3 is 7.12 Å². The number of aliphatic imine (C=N–C) groups is 1. The van der Waals surface area contributed by atoms with Gasteiger partial charge in [0.1, 0.15) is 5.78 Å². The van der Waals surface area contributed by atoms with Crippen LogP contribution in [0.3, 0.4) is 0 Å². The van der Waals surface area contributed by atoms with E-state index in [4.69, 9.17) is 20.3 Å². The van der Waals surface area contributed by atoms with Gasteiger partial charge in [0.2, 0.25) is 5.91 Å². The van der Waals surface area contributed by atoms with Gasteiger partial charge in [-0.05, 0) is 75.0 Å². The Kier molecular flexibility index (Phi) is 13.7. The maximum Gasteiger partial charge on any atom is 0.481 e. The summed E-state index contributed by atoms with van der Waals surface area (Å²) >= 11 is 0. The van der Waals surface area contributed by atoms with Crippen molar-refractivity contribution in [2.75, 3.05) is 6.54 Å². The fraction of sp³-hybridized carbons (Fsp3) is 0.875. The first-order valence-electron chi connectivity index (χ1n) is 17.0. The van der Waals surface area contributed by atoms with Gasteiger partial charge in [-0.2, -0.15) is 5.26 Å². The summed E-state index contributed by atoms with van der Waals surface area (Å²) in [7, 11) is -0.552. The number of nitro groups is 1. The first-order chi connectivity index (χ1) is 21.3. The van der Waals surface area contributed by atoms with Crippen LogP contribution in [0.5, 0.6) is 0 Å². The molecule has 2 bridgehead atoms. The Morgan fingerprint density at radius 1 is 1.13 bits per heavy atom. The van der Waals surface area contributed by atoms with Crippen molar-refractivity contribution in [3.05, 3.63) is 10.1 Å². The van der Waals surface area contributed by atoms with E-state index in [0.29, 0.717) is 43.9 Å². The van der Waals surface area contributed by atoms with E-state index in [-0.39, 0.29) is 59.6 Å². The predicted molar refractivity (Wildman–Crippen MR) is 173 cm³/mol. The molecule has 4 fully saturated rings. The Bertz CT molecular complexity index is 1100. The summed E-state index contributed by atoms with van der Waals surface area (Å²) in [4.78, 5) is 41.4. The number of carbonyl (C=O) groups excluding carboxylic acids is 2. The first kappa shape index (κ1) is 36.7. The zero-order valence-corrected chi connectivity index (χ0v) is 28.0. The Hall–Kier alpha value is -2.72. The van der Waals surface area contributed by atoms with Crippen molar-refractivity contribution in [3.8, 4) is 6.07 Å². The number of nitriles is 1. The van der Waals surface area contributed by atoms with Gasteiger partial charge in [0.25, 0.3) is 5.96 Å². The molecule has 6 atom stereocenters. The van der Waals surface area contributed by atoms with Crippen molar-refractivity contribution in [1.82, 2.24) is 10.7 Å². The molecular formula is C32H55BN6O6. The van der Waals surface area contributed by atoms with Crippen LogP contribution < -0.4 is 16.5 Å². The number of nitrogens with two attached hydrogens (primary N) is 1. The van der Waals surface area contributed by atoms with Crippen LogP contribution in [0.2, 0.25) is 0 Å². The molecule has 0 aromatic carbocycles. The lowest BCUT2D eigenvalue weighted by atomic mass is 9.43. The van der Waals surface area contributed by atoms with Crippen LogP contribution >= 0.6 is 0 Å². The smallest absolute Gasteiger partial charge is 0.404 e. The summed E-state index contributed by atoms with van der Waals surface area (Å²) in [5.74, 6) is -0.0496. The number of hydrazine groups is 1. The van der Waals surface area contributed by atoms with E-state index in [1.807, 2.05) is 5.43 Å². The van der Waals surface area contributed by atoms with Crippen molar-refractivity contribution in [2.24, 2.45) is 39.8 Å². The van der Waals surface area contributed by atoms with Crippen LogP contribution in [0.1, 0.15) is 125 Å². The SMILES string of the molecule is CC(C)C[C@H](NC(=O)[C@H](CCCN=C(N)N[N+](=O)[O-])CC(=O)CCCCCCCCC#N)B1O[C@@H]2C[C@H]3C[C@H](C3(C)C)[C@]2(C)O1. The number of carbonyl (C=O) groups is 2. The van der Waals surface area contributed by atoms with Crippen LogP contribution in [0.25, 0.3) is 0 Å². The average Bonchev–Trinajstić information content (AvgIpc) is 3.32. The molecule has 13 heteroatoms. The van der Waals surface area contributed by atoms with Crippen LogP contribution in [-0.4, -0.2) is 54.0 Å². The fourth-order valence-electron chi connectivity index (χ4n) is 7.72. The number of amides is 1. The monoisotopic (exact) mass is 630 g/mol. The molecule has 0 spiro atoms. The highest BCUT2D eigenvalue weighted by Crippen LogP contribution is 2.65. The lowest BCUT2D eigenvalue weighted by molar-refractivity contribution is -0.525. The lowest BCUT2D eigenvalue weighted by Crippen LogP contribution is -2.65. The molecular weight excluding hydrogens is 575 g/mol. The number of rotatable bonds is 20. The Morgan fingerprint density at radius 3 is 2.47 bits per heavy atom. The van der Waals surface area contributed by atoms with Gasteiger partial charge in [0, 0.05) is 31.7 Å². The highest BCUT2D eigenvalue weighted by molar-refractivity contribution is 6.47. The van der Waals surface area contributed by atoms with E-state index >= 15 is 0 Å². The Balaban J connectivity index is 1.61. The third-order valence-electron chi connectivity index (χ3n) is 10.4. The summed E-state index contributed by atoms with van der Waals surface area (Å²) in [6.07, 6.45) is 10.5. The van der Waals surface area contributed by atoms with E-state index in [1.54, 1.807) is 0 Å². The number of Topliss-reactive ketones (excluding diaryl/α,β-unsaturated/α-hetero) is 1. The molecule has 1 aliphatic heterocycles. The number of ketones is 1. The van der Waals surface area contributed by atoms with E-state index in [2.05, 4.69) is 51.0 Å². The topological polar surface area (TPSA) is 182 Å². The predicted octanol–water partition coefficient (Wildman–Crippen LogP) is 4.88. The lowest BCUT2D eigenvalue weighted by Gasteiger charge is -2.64. The van der Waals surface area contributed by atoms with E-state index < -0.39 is 18.1 Å². The highest BCUT2D eigenvalue weighted by Gasteiger charge is 2.68. The molecule has 4 aliphatic rings. The number of hydrogen-bond acceptors (Lipinski definition) is 8. The van der Waals surface area contributed by atoms with Crippen molar-refractivity contribution in [1.29, 1.82) is 5.26 Å². The molecule has 4 rings (SSSR count). The second-order valence-corrected chi connectivity index (χ2v) is 14.6. The summed E-state index contributed by atoms with van der Waals surface area (Å²) in [6.45, 7) is 11.2. The van der Waals surface area contributed by atoms with Crippen molar-refractivity contribution < 1.29 is 23.9 Å². The normalized spacial score (nSPS) is 26.4. The van der Waals surface area contributed by atoms with E-state index in [9.17, 15) is 19.7 Å². The zero-order chi connectivity index (χ0) is 33.2. The minimum Gasteiger partial charge on any atom is -0.404 e. The zero-order valence-electron chi connectivity index (χ0n) is 28.0. The second-order valence-electron chi connectivity index (χ2n) is 14.6. The van der Waals surface area contributed by atoms with Gasteiger partial charge in [0.15, 0.2) is 5.03 Å². The Labute approximate surface area is 269 Å². The van der Waals surface area contributed by atoms with E-state index in [0.717, 1.165) is 51.4 Å². The largest absolute Gasteiger partial charge is 0.481 e. The number of nitrogens with one attached hydrogen (secondary N) is 2.